The van der Waals surface area contributed by atoms with Gasteiger partial charge in [-0.1, -0.05) is 0 Å². The third-order valence-corrected chi connectivity index (χ3v) is 5.55. The van der Waals surface area contributed by atoms with Crippen LogP contribution in [-0.4, -0.2) is 46.9 Å². The number of nitrogens with zero attached hydrogens (tertiary/aromatic N) is 2. The average molecular weight is 391 g/mol. The molecule has 1 spiro atoms. The van der Waals surface area contributed by atoms with Crippen molar-refractivity contribution in [3.63, 3.8) is 0 Å². The van der Waals surface area contributed by atoms with Crippen molar-refractivity contribution < 1.29 is 20.7 Å². The fourth-order valence-electron chi connectivity index (χ4n) is 4.10. The van der Waals surface area contributed by atoms with Crippen molar-refractivity contribution in [1.29, 1.82) is 0 Å². The Labute approximate surface area is 165 Å². The highest BCUT2D eigenvalue weighted by Gasteiger charge is 2.47. The number of nitro groups is 1. The Kier molecular flexibility index (Phi) is 5.32. The molecule has 2 fully saturated rings. The van der Waals surface area contributed by atoms with Gasteiger partial charge < -0.3 is 15.0 Å². The highest BCUT2D eigenvalue weighted by molar-refractivity contribution is 5.79. The Hall–Kier alpha value is -2.64. The molecular weight excluding hydrogens is 362 g/mol. The number of anilines is 1. The van der Waals surface area contributed by atoms with Crippen molar-refractivity contribution in [3.8, 4) is 0 Å². The molecule has 0 aromatic heterocycles. The molecule has 1 N–H and O–H groups in total. The lowest BCUT2D eigenvalue weighted by molar-refractivity contribution is -0.384. The van der Waals surface area contributed by atoms with Crippen molar-refractivity contribution in [3.05, 3.63) is 33.9 Å². The maximum Gasteiger partial charge on any atom is 0.410 e. The third-order valence-electron chi connectivity index (χ3n) is 5.55. The zero-order valence-electron chi connectivity index (χ0n) is 16.6. The first-order chi connectivity index (χ1) is 13.1. The average Bonchev–Trinajstić information content (AvgIpc) is 2.59. The van der Waals surface area contributed by atoms with Crippen molar-refractivity contribution in [1.82, 2.24) is 4.90 Å². The molecule has 3 rings (SSSR count). The Morgan fingerprint density at radius 1 is 1.36 bits per heavy atom. The molecule has 0 bridgehead atoms. The number of hydrogen-bond donors (Lipinski definition) is 1. The van der Waals surface area contributed by atoms with Gasteiger partial charge in [-0.15, -0.1) is 0 Å². The molecule has 1 amide bonds. The number of amides is 1. The monoisotopic (exact) mass is 391 g/mol. The van der Waals surface area contributed by atoms with Gasteiger partial charge in [0.05, 0.1) is 4.92 Å². The van der Waals surface area contributed by atoms with E-state index in [1.54, 1.807) is 17.0 Å². The molecule has 0 radical (unpaired) electrons. The van der Waals surface area contributed by atoms with Gasteiger partial charge in [-0.25, -0.2) is 4.79 Å². The van der Waals surface area contributed by atoms with Crippen LogP contribution in [0.15, 0.2) is 18.2 Å². The number of hydrogen-bond acceptors (Lipinski definition) is 6. The first-order valence-electron chi connectivity index (χ1n) is 9.59. The fraction of sp³-hybridized carbons (Fsp3) is 0.600. The molecule has 154 valence electrons. The van der Waals surface area contributed by atoms with Gasteiger partial charge >= 0.3 is 6.09 Å². The van der Waals surface area contributed by atoms with Crippen LogP contribution in [0.5, 0.6) is 0 Å². The minimum Gasteiger partial charge on any atom is -0.444 e. The molecule has 8 heteroatoms. The molecular formula is C20H29N3O5. The van der Waals surface area contributed by atoms with E-state index in [0.717, 1.165) is 25.7 Å². The van der Waals surface area contributed by atoms with Crippen LogP contribution < -0.4 is 5.32 Å². The molecule has 2 aliphatic rings. The van der Waals surface area contributed by atoms with Gasteiger partial charge in [0.1, 0.15) is 17.6 Å². The van der Waals surface area contributed by atoms with Crippen LogP contribution in [-0.2, 0) is 4.74 Å². The number of likely N-dealkylation sites (tertiary alicyclic amines) is 1. The van der Waals surface area contributed by atoms with E-state index < -0.39 is 10.5 Å². The molecule has 1 saturated heterocycles. The van der Waals surface area contributed by atoms with E-state index in [0.29, 0.717) is 25.1 Å². The number of carbonyl (C=O) groups is 2. The topological polar surface area (TPSA) is 102 Å². The summed E-state index contributed by atoms with van der Waals surface area (Å²) in [5.74, 6) is 0. The summed E-state index contributed by atoms with van der Waals surface area (Å²) in [5.41, 5.74) is 0.350. The number of ether oxygens (including phenoxy) is 1. The Bertz CT molecular complexity index is 777. The number of nitro benzene ring substituents is 1. The molecule has 1 heterocycles. The molecule has 0 atom stereocenters. The van der Waals surface area contributed by atoms with Gasteiger partial charge in [0, 0.05) is 32.2 Å². The fourth-order valence-corrected chi connectivity index (χ4v) is 4.10. The van der Waals surface area contributed by atoms with Gasteiger partial charge in [0.25, 0.3) is 5.69 Å². The maximum atomic E-state index is 12.2. The number of piperidine rings is 1. The minimum atomic E-state index is -0.494. The van der Waals surface area contributed by atoms with Crippen LogP contribution in [0, 0.1) is 15.5 Å². The van der Waals surface area contributed by atoms with E-state index in [2.05, 4.69) is 5.32 Å². The highest BCUT2D eigenvalue weighted by Crippen LogP contribution is 2.50. The smallest absolute Gasteiger partial charge is 0.410 e. The Morgan fingerprint density at radius 3 is 2.54 bits per heavy atom. The van der Waals surface area contributed by atoms with Crippen molar-refractivity contribution in [2.45, 2.75) is 58.1 Å². The first kappa shape index (κ1) is 20.1. The molecule has 0 unspecified atom stereocenters. The predicted molar refractivity (Wildman–Crippen MR) is 107 cm³/mol. The lowest BCUT2D eigenvalue weighted by atomic mass is 9.60. The zero-order valence-corrected chi connectivity index (χ0v) is 16.6. The predicted octanol–water partition coefficient (Wildman–Crippen LogP) is 4.24. The summed E-state index contributed by atoms with van der Waals surface area (Å²) in [6.45, 7) is 6.93. The van der Waals surface area contributed by atoms with E-state index in [1.807, 2.05) is 20.8 Å². The molecule has 28 heavy (non-hydrogen) atoms. The van der Waals surface area contributed by atoms with Crippen LogP contribution in [0.1, 0.15) is 58.2 Å². The van der Waals surface area contributed by atoms with Crippen LogP contribution in [0.3, 0.4) is 0 Å². The zero-order chi connectivity index (χ0) is 20.5. The number of benzene rings is 1. The van der Waals surface area contributed by atoms with Gasteiger partial charge in [-0.2, -0.15) is 0 Å². The van der Waals surface area contributed by atoms with Gasteiger partial charge in [0.2, 0.25) is 0 Å². The van der Waals surface area contributed by atoms with Crippen LogP contribution in [0.25, 0.3) is 0 Å². The first-order valence-corrected chi connectivity index (χ1v) is 9.59. The summed E-state index contributed by atoms with van der Waals surface area (Å²) in [6.07, 6.45) is 4.01. The highest BCUT2D eigenvalue weighted by atomic mass is 16.6. The van der Waals surface area contributed by atoms with Gasteiger partial charge in [0.15, 0.2) is 0 Å². The number of rotatable bonds is 4. The lowest BCUT2D eigenvalue weighted by Gasteiger charge is -2.52. The van der Waals surface area contributed by atoms with Crippen LogP contribution in [0.2, 0.25) is 0 Å². The molecule has 1 aliphatic carbocycles. The Morgan fingerprint density at radius 2 is 2.00 bits per heavy atom. The summed E-state index contributed by atoms with van der Waals surface area (Å²) >= 11 is 0. The van der Waals surface area contributed by atoms with Crippen molar-refractivity contribution >= 4 is 23.8 Å². The summed E-state index contributed by atoms with van der Waals surface area (Å²) in [4.78, 5) is 35.6. The number of nitrogens with one attached hydrogen (secondary N) is 1. The molecule has 8 nitrogen and oxygen atoms in total. The minimum absolute atomic E-state index is 0. The normalized spacial score (nSPS) is 19.0. The van der Waals surface area contributed by atoms with Crippen LogP contribution in [0.4, 0.5) is 16.2 Å². The van der Waals surface area contributed by atoms with E-state index in [4.69, 9.17) is 4.74 Å². The maximum absolute atomic E-state index is 12.2. The second-order valence-electron chi connectivity index (χ2n) is 8.87. The second-order valence-corrected chi connectivity index (χ2v) is 8.87. The summed E-state index contributed by atoms with van der Waals surface area (Å²) in [7, 11) is 0. The molecule has 1 aliphatic heterocycles. The van der Waals surface area contributed by atoms with E-state index >= 15 is 0 Å². The van der Waals surface area contributed by atoms with E-state index in [1.165, 1.54) is 6.07 Å². The molecule has 1 aromatic rings. The van der Waals surface area contributed by atoms with E-state index in [9.17, 15) is 19.7 Å². The van der Waals surface area contributed by atoms with Crippen molar-refractivity contribution in [2.75, 3.05) is 18.4 Å². The molecule has 1 aromatic carbocycles. The lowest BCUT2D eigenvalue weighted by Crippen LogP contribution is -2.53. The van der Waals surface area contributed by atoms with Gasteiger partial charge in [-0.3, -0.25) is 14.9 Å². The quantitative estimate of drug-likeness (QED) is 0.468. The SMILES string of the molecule is CC(C)(C)OC(=O)N1CCC2(CC1)CC(Nc1ccc(C=O)cc1[N+](=O)[O-])C2.[HH]. The Balaban J connectivity index is 0.00000300. The van der Waals surface area contributed by atoms with Gasteiger partial charge in [-0.05, 0) is 64.0 Å². The van der Waals surface area contributed by atoms with E-state index in [-0.39, 0.29) is 30.2 Å². The number of aldehydes is 1. The summed E-state index contributed by atoms with van der Waals surface area (Å²) in [6, 6.07) is 4.63. The molecule has 1 saturated carbocycles. The summed E-state index contributed by atoms with van der Waals surface area (Å²) in [5, 5.41) is 14.5. The van der Waals surface area contributed by atoms with Crippen LogP contribution >= 0.6 is 0 Å². The summed E-state index contributed by atoms with van der Waals surface area (Å²) < 4.78 is 5.44. The number of carbonyl (C=O) groups excluding carboxylic acids is 2. The largest absolute Gasteiger partial charge is 0.444 e. The van der Waals surface area contributed by atoms with Crippen molar-refractivity contribution in [2.24, 2.45) is 5.41 Å². The third kappa shape index (κ3) is 4.43. The second kappa shape index (κ2) is 7.41. The standard InChI is InChI=1S/C20H27N3O5.H2/c1-19(2,3)28-18(25)22-8-6-20(7-9-22)11-15(12-20)21-16-5-4-14(13-24)10-17(16)23(26)27;/h4-5,10,13,15,21H,6-9,11-12H2,1-3H3;1H.